The molecule has 0 amide bonds. The number of H-pyrrole nitrogens is 1. The van der Waals surface area contributed by atoms with Crippen molar-refractivity contribution in [3.8, 4) is 0 Å². The van der Waals surface area contributed by atoms with Crippen LogP contribution in [0.4, 0.5) is 0 Å². The molecule has 114 valence electrons. The Bertz CT molecular complexity index is 635. The molecule has 0 saturated carbocycles. The fourth-order valence-electron chi connectivity index (χ4n) is 2.18. The lowest BCUT2D eigenvalue weighted by Gasteiger charge is -2.31. The largest absolute Gasteiger partial charge is 0.461 e. The highest BCUT2D eigenvalue weighted by molar-refractivity contribution is 5.89. The van der Waals surface area contributed by atoms with Gasteiger partial charge in [0.15, 0.2) is 5.60 Å². The third kappa shape index (κ3) is 2.56. The molecule has 0 radical (unpaired) electrons. The zero-order valence-electron chi connectivity index (χ0n) is 11.9. The van der Waals surface area contributed by atoms with E-state index in [0.29, 0.717) is 6.42 Å². The van der Waals surface area contributed by atoms with E-state index in [9.17, 15) is 19.5 Å². The monoisotopic (exact) mass is 295 g/mol. The van der Waals surface area contributed by atoms with E-state index in [4.69, 9.17) is 9.47 Å². The summed E-state index contributed by atoms with van der Waals surface area (Å²) in [7, 11) is 0. The zero-order chi connectivity index (χ0) is 15.6. The first kappa shape index (κ1) is 15.2. The third-order valence-corrected chi connectivity index (χ3v) is 3.44. The van der Waals surface area contributed by atoms with Crippen molar-refractivity contribution in [1.29, 1.82) is 0 Å². The third-order valence-electron chi connectivity index (χ3n) is 3.44. The lowest BCUT2D eigenvalue weighted by Crippen LogP contribution is -2.43. The number of cyclic esters (lactones) is 1. The topological polar surface area (TPSA) is 106 Å². The number of aromatic amines is 1. The predicted octanol–water partition coefficient (Wildman–Crippen LogP) is 0.596. The Morgan fingerprint density at radius 2 is 2.19 bits per heavy atom. The molecule has 0 aliphatic carbocycles. The van der Waals surface area contributed by atoms with E-state index < -0.39 is 23.1 Å². The lowest BCUT2D eigenvalue weighted by atomic mass is 9.86. The summed E-state index contributed by atoms with van der Waals surface area (Å²) in [6, 6.07) is 1.29. The average molecular weight is 295 g/mol. The molecule has 0 bridgehead atoms. The van der Waals surface area contributed by atoms with Crippen LogP contribution < -0.4 is 5.56 Å². The van der Waals surface area contributed by atoms with Crippen LogP contribution in [-0.2, 0) is 26.5 Å². The van der Waals surface area contributed by atoms with Crippen molar-refractivity contribution in [2.75, 3.05) is 6.61 Å². The summed E-state index contributed by atoms with van der Waals surface area (Å²) in [5, 5.41) is 10.4. The van der Waals surface area contributed by atoms with E-state index >= 15 is 0 Å². The van der Waals surface area contributed by atoms with Gasteiger partial charge in [0, 0.05) is 5.56 Å². The maximum absolute atomic E-state index is 12.0. The van der Waals surface area contributed by atoms with Gasteiger partial charge >= 0.3 is 11.9 Å². The second kappa shape index (κ2) is 5.69. The van der Waals surface area contributed by atoms with E-state index in [-0.39, 0.29) is 36.5 Å². The highest BCUT2D eigenvalue weighted by atomic mass is 16.6. The SMILES string of the molecule is CCCOC(=O)c1cc2c(c(=O)[nH]1)COC(=O)[C@]2(O)CC. The molecule has 2 heterocycles. The number of rotatable bonds is 4. The average Bonchev–Trinajstić information content (AvgIpc) is 2.48. The molecular formula is C14H17NO6. The summed E-state index contributed by atoms with van der Waals surface area (Å²) < 4.78 is 9.78. The maximum atomic E-state index is 12.0. The number of carbonyl (C=O) groups excluding carboxylic acids is 2. The Balaban J connectivity index is 2.52. The van der Waals surface area contributed by atoms with Gasteiger partial charge < -0.3 is 19.6 Å². The first-order valence-electron chi connectivity index (χ1n) is 6.77. The Labute approximate surface area is 120 Å². The van der Waals surface area contributed by atoms with E-state index in [1.165, 1.54) is 6.07 Å². The minimum Gasteiger partial charge on any atom is -0.461 e. The van der Waals surface area contributed by atoms with E-state index in [2.05, 4.69) is 4.98 Å². The van der Waals surface area contributed by atoms with Gasteiger partial charge in [-0.1, -0.05) is 13.8 Å². The molecule has 0 aromatic carbocycles. The highest BCUT2D eigenvalue weighted by Gasteiger charge is 2.44. The fraction of sp³-hybridized carbons (Fsp3) is 0.500. The van der Waals surface area contributed by atoms with Gasteiger partial charge in [-0.2, -0.15) is 0 Å². The van der Waals surface area contributed by atoms with Crippen LogP contribution in [0, 0.1) is 0 Å². The number of esters is 2. The number of aromatic nitrogens is 1. The molecule has 1 aromatic rings. The summed E-state index contributed by atoms with van der Waals surface area (Å²) in [4.78, 5) is 38.0. The molecule has 2 N–H and O–H groups in total. The molecule has 7 heteroatoms. The molecule has 1 aliphatic heterocycles. The second-order valence-corrected chi connectivity index (χ2v) is 4.83. The minimum atomic E-state index is -1.92. The van der Waals surface area contributed by atoms with E-state index in [1.54, 1.807) is 6.92 Å². The number of carbonyl (C=O) groups is 2. The predicted molar refractivity (Wildman–Crippen MR) is 71.6 cm³/mol. The molecule has 1 aliphatic rings. The number of hydrogen-bond donors (Lipinski definition) is 2. The number of hydrogen-bond acceptors (Lipinski definition) is 6. The standard InChI is InChI=1S/C14H17NO6/c1-3-5-20-12(17)10-6-9-8(11(16)15-10)7-21-13(18)14(9,19)4-2/h6,19H,3-5,7H2,1-2H3,(H,15,16)/t14-/m0/s1. The van der Waals surface area contributed by atoms with Gasteiger partial charge in [-0.15, -0.1) is 0 Å². The highest BCUT2D eigenvalue weighted by Crippen LogP contribution is 2.32. The van der Waals surface area contributed by atoms with Crippen molar-refractivity contribution in [2.45, 2.75) is 38.9 Å². The first-order valence-corrected chi connectivity index (χ1v) is 6.77. The van der Waals surface area contributed by atoms with Crippen LogP contribution in [0.5, 0.6) is 0 Å². The first-order chi connectivity index (χ1) is 9.93. The summed E-state index contributed by atoms with van der Waals surface area (Å²) in [5.74, 6) is -1.52. The Hall–Kier alpha value is -2.15. The van der Waals surface area contributed by atoms with Crippen molar-refractivity contribution in [2.24, 2.45) is 0 Å². The van der Waals surface area contributed by atoms with Crippen LogP contribution in [0.3, 0.4) is 0 Å². The van der Waals surface area contributed by atoms with Crippen LogP contribution >= 0.6 is 0 Å². The smallest absolute Gasteiger partial charge is 0.354 e. The Morgan fingerprint density at radius 1 is 1.48 bits per heavy atom. The van der Waals surface area contributed by atoms with E-state index in [1.807, 2.05) is 6.92 Å². The van der Waals surface area contributed by atoms with Crippen LogP contribution in [0.15, 0.2) is 10.9 Å². The fourth-order valence-corrected chi connectivity index (χ4v) is 2.18. The number of pyridine rings is 1. The van der Waals surface area contributed by atoms with Crippen molar-refractivity contribution >= 4 is 11.9 Å². The van der Waals surface area contributed by atoms with Crippen LogP contribution in [0.25, 0.3) is 0 Å². The summed E-state index contributed by atoms with van der Waals surface area (Å²) in [6.45, 7) is 3.43. The van der Waals surface area contributed by atoms with Crippen LogP contribution in [0.2, 0.25) is 0 Å². The van der Waals surface area contributed by atoms with Crippen molar-refractivity contribution in [1.82, 2.24) is 4.98 Å². The Morgan fingerprint density at radius 3 is 2.81 bits per heavy atom. The van der Waals surface area contributed by atoms with Crippen molar-refractivity contribution in [3.05, 3.63) is 33.2 Å². The van der Waals surface area contributed by atoms with E-state index in [0.717, 1.165) is 0 Å². The quantitative estimate of drug-likeness (QED) is 0.788. The maximum Gasteiger partial charge on any atom is 0.354 e. The van der Waals surface area contributed by atoms with Gasteiger partial charge in [-0.3, -0.25) is 4.79 Å². The molecule has 21 heavy (non-hydrogen) atoms. The van der Waals surface area contributed by atoms with Crippen molar-refractivity contribution < 1.29 is 24.2 Å². The van der Waals surface area contributed by atoms with Crippen molar-refractivity contribution in [3.63, 3.8) is 0 Å². The summed E-state index contributed by atoms with van der Waals surface area (Å²) in [5.41, 5.74) is -2.33. The normalized spacial score (nSPS) is 20.6. The number of ether oxygens (including phenoxy) is 2. The van der Waals surface area contributed by atoms with Crippen LogP contribution in [-0.4, -0.2) is 28.6 Å². The molecule has 0 spiro atoms. The zero-order valence-corrected chi connectivity index (χ0v) is 11.9. The number of aliphatic hydroxyl groups is 1. The Kier molecular flexibility index (Phi) is 4.13. The van der Waals surface area contributed by atoms with Gasteiger partial charge in [0.1, 0.15) is 12.3 Å². The van der Waals surface area contributed by atoms with Gasteiger partial charge in [0.05, 0.1) is 12.2 Å². The second-order valence-electron chi connectivity index (χ2n) is 4.83. The molecule has 0 fully saturated rings. The molecule has 1 atom stereocenters. The molecule has 7 nitrogen and oxygen atoms in total. The molecule has 2 rings (SSSR count). The molecule has 0 saturated heterocycles. The molecule has 0 unspecified atom stereocenters. The molecule has 1 aromatic heterocycles. The number of fused-ring (bicyclic) bond motifs is 1. The van der Waals surface area contributed by atoms with Gasteiger partial charge in [-0.25, -0.2) is 9.59 Å². The lowest BCUT2D eigenvalue weighted by molar-refractivity contribution is -0.172. The van der Waals surface area contributed by atoms with Crippen LogP contribution in [0.1, 0.15) is 48.3 Å². The minimum absolute atomic E-state index is 0.0335. The van der Waals surface area contributed by atoms with Gasteiger partial charge in [-0.05, 0) is 18.9 Å². The van der Waals surface area contributed by atoms with Gasteiger partial charge in [0.2, 0.25) is 0 Å². The number of nitrogens with one attached hydrogen (secondary N) is 1. The van der Waals surface area contributed by atoms with Gasteiger partial charge in [0.25, 0.3) is 5.56 Å². The molecular weight excluding hydrogens is 278 g/mol. The summed E-state index contributed by atoms with van der Waals surface area (Å²) >= 11 is 0. The summed E-state index contributed by atoms with van der Waals surface area (Å²) in [6.07, 6.45) is 0.678.